The Hall–Kier alpha value is -1.17. The maximum absolute atomic E-state index is 12.0. The van der Waals surface area contributed by atoms with Crippen LogP contribution in [0.15, 0.2) is 30.2 Å². The topological polar surface area (TPSA) is 32.8 Å². The van der Waals surface area contributed by atoms with Crippen LogP contribution >= 0.6 is 11.3 Å². The third-order valence-electron chi connectivity index (χ3n) is 5.02. The molecule has 1 spiro atoms. The molecule has 2 aliphatic heterocycles. The van der Waals surface area contributed by atoms with Crippen LogP contribution < -0.4 is 0 Å². The number of ether oxygens (including phenoxy) is 1. The van der Waals surface area contributed by atoms with E-state index in [1.807, 2.05) is 16.2 Å². The van der Waals surface area contributed by atoms with Crippen molar-refractivity contribution < 1.29 is 9.53 Å². The zero-order valence-corrected chi connectivity index (χ0v) is 14.0. The Morgan fingerprint density at radius 3 is 2.91 bits per heavy atom. The van der Waals surface area contributed by atoms with Gasteiger partial charge >= 0.3 is 0 Å². The summed E-state index contributed by atoms with van der Waals surface area (Å²) < 4.78 is 6.04. The largest absolute Gasteiger partial charge is 0.363 e. The molecule has 3 rings (SSSR count). The number of rotatable bonds is 4. The van der Waals surface area contributed by atoms with Gasteiger partial charge in [0, 0.05) is 31.1 Å². The Bertz CT molecular complexity index is 521. The minimum atomic E-state index is -0.178. The first-order chi connectivity index (χ1) is 10.6. The highest BCUT2D eigenvalue weighted by Crippen LogP contribution is 2.36. The van der Waals surface area contributed by atoms with Gasteiger partial charge in [-0.05, 0) is 31.2 Å². The molecular formula is C17H24N2O2S. The molecule has 1 aromatic rings. The average molecular weight is 320 g/mol. The van der Waals surface area contributed by atoms with E-state index in [0.29, 0.717) is 6.54 Å². The molecule has 3 heterocycles. The van der Waals surface area contributed by atoms with Crippen LogP contribution in [0.25, 0.3) is 0 Å². The summed E-state index contributed by atoms with van der Waals surface area (Å²) in [5, 5.41) is 2.13. The fourth-order valence-corrected chi connectivity index (χ4v) is 4.33. The highest BCUT2D eigenvalue weighted by Gasteiger charge is 2.47. The Labute approximate surface area is 136 Å². The lowest BCUT2D eigenvalue weighted by molar-refractivity contribution is -0.185. The molecule has 1 amide bonds. The summed E-state index contributed by atoms with van der Waals surface area (Å²) in [5.41, 5.74) is -0.178. The zero-order chi connectivity index (χ0) is 15.6. The molecule has 120 valence electrons. The summed E-state index contributed by atoms with van der Waals surface area (Å²) in [6.07, 6.45) is 3.78. The second kappa shape index (κ2) is 6.52. The molecule has 0 unspecified atom stereocenters. The minimum absolute atomic E-state index is 0.0824. The molecule has 0 radical (unpaired) electrons. The minimum Gasteiger partial charge on any atom is -0.363 e. The van der Waals surface area contributed by atoms with Crippen molar-refractivity contribution in [1.82, 2.24) is 9.80 Å². The highest BCUT2D eigenvalue weighted by molar-refractivity contribution is 7.09. The average Bonchev–Trinajstić information content (AvgIpc) is 3.03. The van der Waals surface area contributed by atoms with E-state index in [0.717, 1.165) is 32.5 Å². The molecule has 0 saturated carbocycles. The summed E-state index contributed by atoms with van der Waals surface area (Å²) in [5.74, 6) is 0.0824. The highest BCUT2D eigenvalue weighted by atomic mass is 32.1. The van der Waals surface area contributed by atoms with E-state index in [4.69, 9.17) is 4.74 Å². The van der Waals surface area contributed by atoms with Crippen LogP contribution in [0.1, 0.15) is 24.6 Å². The van der Waals surface area contributed by atoms with Crippen LogP contribution in [0, 0.1) is 0 Å². The van der Waals surface area contributed by atoms with E-state index >= 15 is 0 Å². The van der Waals surface area contributed by atoms with Gasteiger partial charge in [0.15, 0.2) is 0 Å². The molecule has 0 aliphatic carbocycles. The lowest BCUT2D eigenvalue weighted by Gasteiger charge is -2.51. The molecule has 2 aliphatic rings. The molecule has 0 aromatic carbocycles. The number of hydrogen-bond acceptors (Lipinski definition) is 4. The van der Waals surface area contributed by atoms with Crippen molar-refractivity contribution in [3.05, 3.63) is 35.0 Å². The number of piperidine rings is 1. The van der Waals surface area contributed by atoms with E-state index in [2.05, 4.69) is 35.9 Å². The number of thiophene rings is 1. The second-order valence-corrected chi connectivity index (χ2v) is 7.25. The molecule has 1 atom stereocenters. The summed E-state index contributed by atoms with van der Waals surface area (Å²) in [7, 11) is 0. The van der Waals surface area contributed by atoms with Crippen molar-refractivity contribution in [1.29, 1.82) is 0 Å². The molecule has 4 nitrogen and oxygen atoms in total. The van der Waals surface area contributed by atoms with Crippen molar-refractivity contribution in [2.75, 3.05) is 26.2 Å². The quantitative estimate of drug-likeness (QED) is 0.799. The Morgan fingerprint density at radius 1 is 1.50 bits per heavy atom. The van der Waals surface area contributed by atoms with Crippen LogP contribution in [0.4, 0.5) is 0 Å². The van der Waals surface area contributed by atoms with Crippen molar-refractivity contribution in [3.8, 4) is 0 Å². The Balaban J connectivity index is 1.63. The second-order valence-electron chi connectivity index (χ2n) is 6.22. The number of hydrogen-bond donors (Lipinski definition) is 0. The van der Waals surface area contributed by atoms with Crippen LogP contribution in [-0.4, -0.2) is 53.6 Å². The number of likely N-dealkylation sites (tertiary alicyclic amines) is 1. The van der Waals surface area contributed by atoms with Crippen LogP contribution in [0.3, 0.4) is 0 Å². The molecular weight excluding hydrogens is 296 g/mol. The number of amides is 1. The predicted molar refractivity (Wildman–Crippen MR) is 88.9 cm³/mol. The van der Waals surface area contributed by atoms with Gasteiger partial charge in [-0.2, -0.15) is 0 Å². The van der Waals surface area contributed by atoms with Crippen molar-refractivity contribution in [2.45, 2.75) is 38.0 Å². The van der Waals surface area contributed by atoms with Crippen LogP contribution in [0.2, 0.25) is 0 Å². The van der Waals surface area contributed by atoms with Crippen LogP contribution in [-0.2, 0) is 16.1 Å². The lowest BCUT2D eigenvalue weighted by atomic mass is 9.82. The van der Waals surface area contributed by atoms with Gasteiger partial charge in [-0.15, -0.1) is 17.9 Å². The number of morpholine rings is 1. The first kappa shape index (κ1) is 15.7. The standard InChI is InChI=1S/C17H24N2O2S/c1-3-8-19-14(2)17(21-13-16(19)20)6-9-18(10-7-17)12-15-5-4-11-22-15/h3-5,11,14H,1,6-10,12-13H2,2H3/t14-/m0/s1. The van der Waals surface area contributed by atoms with Gasteiger partial charge in [0.1, 0.15) is 6.61 Å². The molecule has 2 saturated heterocycles. The van der Waals surface area contributed by atoms with E-state index < -0.39 is 0 Å². The molecule has 0 bridgehead atoms. The normalized spacial score (nSPS) is 25.6. The fraction of sp³-hybridized carbons (Fsp3) is 0.588. The smallest absolute Gasteiger partial charge is 0.249 e. The number of carbonyl (C=O) groups excluding carboxylic acids is 1. The summed E-state index contributed by atoms with van der Waals surface area (Å²) >= 11 is 1.81. The van der Waals surface area contributed by atoms with Gasteiger partial charge in [0.25, 0.3) is 0 Å². The van der Waals surface area contributed by atoms with E-state index in [1.54, 1.807) is 6.08 Å². The third-order valence-corrected chi connectivity index (χ3v) is 5.88. The Kier molecular flexibility index (Phi) is 4.66. The van der Waals surface area contributed by atoms with E-state index in [9.17, 15) is 4.79 Å². The predicted octanol–water partition coefficient (Wildman–Crippen LogP) is 2.52. The summed E-state index contributed by atoms with van der Waals surface area (Å²) in [4.78, 5) is 17.9. The van der Waals surface area contributed by atoms with Gasteiger partial charge in [-0.1, -0.05) is 12.1 Å². The molecule has 0 N–H and O–H groups in total. The number of carbonyl (C=O) groups is 1. The van der Waals surface area contributed by atoms with Crippen molar-refractivity contribution in [3.63, 3.8) is 0 Å². The maximum atomic E-state index is 12.0. The summed E-state index contributed by atoms with van der Waals surface area (Å²) in [6.45, 7) is 9.79. The van der Waals surface area contributed by atoms with E-state index in [-0.39, 0.29) is 24.2 Å². The van der Waals surface area contributed by atoms with Gasteiger partial charge in [-0.3, -0.25) is 9.69 Å². The molecule has 2 fully saturated rings. The Morgan fingerprint density at radius 2 is 2.27 bits per heavy atom. The summed E-state index contributed by atoms with van der Waals surface area (Å²) in [6, 6.07) is 4.42. The third kappa shape index (κ3) is 2.98. The van der Waals surface area contributed by atoms with E-state index in [1.165, 1.54) is 4.88 Å². The lowest BCUT2D eigenvalue weighted by Crippen LogP contribution is -2.63. The molecule has 22 heavy (non-hydrogen) atoms. The van der Waals surface area contributed by atoms with Crippen LogP contribution in [0.5, 0.6) is 0 Å². The molecule has 5 heteroatoms. The van der Waals surface area contributed by atoms with Gasteiger partial charge in [0.2, 0.25) is 5.91 Å². The van der Waals surface area contributed by atoms with Gasteiger partial charge < -0.3 is 9.64 Å². The maximum Gasteiger partial charge on any atom is 0.249 e. The first-order valence-corrected chi connectivity index (χ1v) is 8.82. The van der Waals surface area contributed by atoms with Gasteiger partial charge in [0.05, 0.1) is 11.6 Å². The molecule has 1 aromatic heterocycles. The van der Waals surface area contributed by atoms with Crippen molar-refractivity contribution >= 4 is 17.2 Å². The fourth-order valence-electron chi connectivity index (χ4n) is 3.58. The number of nitrogens with zero attached hydrogens (tertiary/aromatic N) is 2. The SMILES string of the molecule is C=CCN1C(=O)COC2(CCN(Cc3cccs3)CC2)[C@@H]1C. The first-order valence-electron chi connectivity index (χ1n) is 7.94. The zero-order valence-electron chi connectivity index (χ0n) is 13.2. The van der Waals surface area contributed by atoms with Gasteiger partial charge in [-0.25, -0.2) is 0 Å². The monoisotopic (exact) mass is 320 g/mol. The van der Waals surface area contributed by atoms with Crippen molar-refractivity contribution in [2.24, 2.45) is 0 Å².